The summed E-state index contributed by atoms with van der Waals surface area (Å²) in [6.07, 6.45) is 0.942. The van der Waals surface area contributed by atoms with Crippen LogP contribution in [-0.2, 0) is 13.2 Å². The van der Waals surface area contributed by atoms with Crippen LogP contribution in [0.15, 0.2) is 71.9 Å². The van der Waals surface area contributed by atoms with Gasteiger partial charge >= 0.3 is 0 Å². The average Bonchev–Trinajstić information content (AvgIpc) is 3.36. The molecule has 36 heavy (non-hydrogen) atoms. The van der Waals surface area contributed by atoms with Crippen molar-refractivity contribution >= 4 is 23.4 Å². The first-order chi connectivity index (χ1) is 17.6. The van der Waals surface area contributed by atoms with Crippen molar-refractivity contribution in [3.05, 3.63) is 88.7 Å². The van der Waals surface area contributed by atoms with Crippen molar-refractivity contribution < 1.29 is 13.9 Å². The number of tetrazole rings is 1. The zero-order chi connectivity index (χ0) is 25.2. The molecule has 0 aliphatic rings. The van der Waals surface area contributed by atoms with Gasteiger partial charge in [0.1, 0.15) is 12.4 Å². The van der Waals surface area contributed by atoms with Crippen molar-refractivity contribution in [1.82, 2.24) is 25.5 Å². The highest BCUT2D eigenvalue weighted by Gasteiger charge is 2.13. The Morgan fingerprint density at radius 3 is 2.61 bits per heavy atom. The summed E-state index contributed by atoms with van der Waals surface area (Å²) >= 11 is 8.15. The number of thioether (sulfide) groups is 1. The van der Waals surface area contributed by atoms with Gasteiger partial charge in [0.15, 0.2) is 11.5 Å². The molecule has 1 heterocycles. The van der Waals surface area contributed by atoms with Crippen LogP contribution in [0.25, 0.3) is 5.69 Å². The molecule has 0 radical (unpaired) electrons. The van der Waals surface area contributed by atoms with E-state index in [1.807, 2.05) is 49.4 Å². The van der Waals surface area contributed by atoms with Crippen molar-refractivity contribution in [2.45, 2.75) is 31.7 Å². The molecule has 4 rings (SSSR count). The Balaban J connectivity index is 1.26. The normalized spacial score (nSPS) is 11.0. The number of hydrogen-bond acceptors (Lipinski definition) is 7. The summed E-state index contributed by atoms with van der Waals surface area (Å²) < 4.78 is 26.6. The Morgan fingerprint density at radius 2 is 1.83 bits per heavy atom. The Morgan fingerprint density at radius 1 is 1.03 bits per heavy atom. The van der Waals surface area contributed by atoms with E-state index in [9.17, 15) is 4.39 Å². The maximum atomic E-state index is 13.1. The molecule has 0 bridgehead atoms. The lowest BCUT2D eigenvalue weighted by Gasteiger charge is -2.16. The lowest BCUT2D eigenvalue weighted by atomic mass is 10.2. The minimum absolute atomic E-state index is 0.267. The van der Waals surface area contributed by atoms with Gasteiger partial charge in [-0.15, -0.1) is 5.10 Å². The molecule has 7 nitrogen and oxygen atoms in total. The number of benzene rings is 3. The fraction of sp³-hybridized carbons (Fsp3) is 0.269. The van der Waals surface area contributed by atoms with Crippen molar-refractivity contribution in [3.63, 3.8) is 0 Å². The topological polar surface area (TPSA) is 74.1 Å². The summed E-state index contributed by atoms with van der Waals surface area (Å²) in [6, 6.07) is 19.8. The monoisotopic (exact) mass is 527 g/mol. The molecule has 0 atom stereocenters. The highest BCUT2D eigenvalue weighted by molar-refractivity contribution is 7.99. The Labute approximate surface area is 219 Å². The molecule has 0 unspecified atom stereocenters. The minimum Gasteiger partial charge on any atom is -0.490 e. The molecule has 4 aromatic rings. The van der Waals surface area contributed by atoms with Gasteiger partial charge in [-0.2, -0.15) is 4.68 Å². The summed E-state index contributed by atoms with van der Waals surface area (Å²) in [5.41, 5.74) is 2.78. The first-order valence-corrected chi connectivity index (χ1v) is 13.0. The van der Waals surface area contributed by atoms with E-state index in [2.05, 4.69) is 20.8 Å². The standard InChI is InChI=1S/C26H27ClFN5O2S/c1-2-34-24-16-20(15-23(27)25(24)35-18-19-9-11-21(28)12-10-19)17-29-13-6-14-36-26-30-31-32-33(26)22-7-4-3-5-8-22/h3-5,7-12,15-16,29H,2,6,13-14,17-18H2,1H3. The Bertz CT molecular complexity index is 1240. The van der Waals surface area contributed by atoms with Gasteiger partial charge < -0.3 is 14.8 Å². The van der Waals surface area contributed by atoms with Crippen molar-refractivity contribution in [2.75, 3.05) is 18.9 Å². The predicted octanol–water partition coefficient (Wildman–Crippen LogP) is 5.70. The molecule has 0 saturated heterocycles. The zero-order valence-corrected chi connectivity index (χ0v) is 21.4. The number of ether oxygens (including phenoxy) is 2. The number of para-hydroxylation sites is 1. The van der Waals surface area contributed by atoms with Crippen LogP contribution in [0.3, 0.4) is 0 Å². The molecule has 1 N–H and O–H groups in total. The fourth-order valence-electron chi connectivity index (χ4n) is 3.46. The lowest BCUT2D eigenvalue weighted by Crippen LogP contribution is -2.15. The van der Waals surface area contributed by atoms with Crippen LogP contribution in [0.5, 0.6) is 11.5 Å². The number of nitrogens with zero attached hydrogens (tertiary/aromatic N) is 4. The van der Waals surface area contributed by atoms with Crippen LogP contribution in [0.2, 0.25) is 5.02 Å². The Hall–Kier alpha value is -3.14. The second-order valence-corrected chi connectivity index (χ2v) is 9.31. The van der Waals surface area contributed by atoms with Crippen LogP contribution in [0.4, 0.5) is 4.39 Å². The van der Waals surface area contributed by atoms with E-state index in [1.165, 1.54) is 12.1 Å². The van der Waals surface area contributed by atoms with Gasteiger partial charge in [0.25, 0.3) is 0 Å². The van der Waals surface area contributed by atoms with Crippen LogP contribution >= 0.6 is 23.4 Å². The molecule has 3 aromatic carbocycles. The second-order valence-electron chi connectivity index (χ2n) is 7.84. The van der Waals surface area contributed by atoms with E-state index in [4.69, 9.17) is 21.1 Å². The maximum absolute atomic E-state index is 13.1. The van der Waals surface area contributed by atoms with Crippen molar-refractivity contribution in [2.24, 2.45) is 0 Å². The van der Waals surface area contributed by atoms with E-state index >= 15 is 0 Å². The van der Waals surface area contributed by atoms with Gasteiger partial charge in [0, 0.05) is 12.3 Å². The maximum Gasteiger partial charge on any atom is 0.214 e. The van der Waals surface area contributed by atoms with Crippen molar-refractivity contribution in [3.8, 4) is 17.2 Å². The summed E-state index contributed by atoms with van der Waals surface area (Å²) in [6.45, 7) is 4.13. The molecule has 0 aliphatic heterocycles. The molecular formula is C26H27ClFN5O2S. The highest BCUT2D eigenvalue weighted by Crippen LogP contribution is 2.37. The van der Waals surface area contributed by atoms with Crippen molar-refractivity contribution in [1.29, 1.82) is 0 Å². The zero-order valence-electron chi connectivity index (χ0n) is 19.9. The molecule has 0 fully saturated rings. The van der Waals surface area contributed by atoms with E-state index in [1.54, 1.807) is 28.6 Å². The molecule has 10 heteroatoms. The van der Waals surface area contributed by atoms with Gasteiger partial charge in [-0.1, -0.05) is 53.7 Å². The third kappa shape index (κ3) is 7.19. The number of nitrogens with one attached hydrogen (secondary N) is 1. The number of hydrogen-bond donors (Lipinski definition) is 1. The van der Waals surface area contributed by atoms with Gasteiger partial charge in [-0.25, -0.2) is 4.39 Å². The summed E-state index contributed by atoms with van der Waals surface area (Å²) in [4.78, 5) is 0. The average molecular weight is 528 g/mol. The van der Waals surface area contributed by atoms with Crippen LogP contribution in [0.1, 0.15) is 24.5 Å². The van der Waals surface area contributed by atoms with E-state index < -0.39 is 0 Å². The molecule has 0 saturated carbocycles. The molecule has 0 aliphatic carbocycles. The summed E-state index contributed by atoms with van der Waals surface area (Å²) in [5, 5.41) is 16.7. The lowest BCUT2D eigenvalue weighted by molar-refractivity contribution is 0.269. The smallest absolute Gasteiger partial charge is 0.214 e. The van der Waals surface area contributed by atoms with E-state index in [-0.39, 0.29) is 12.4 Å². The van der Waals surface area contributed by atoms with Crippen LogP contribution in [-0.4, -0.2) is 39.1 Å². The van der Waals surface area contributed by atoms with Gasteiger partial charge in [-0.3, -0.25) is 0 Å². The fourth-order valence-corrected chi connectivity index (χ4v) is 4.57. The quantitative estimate of drug-likeness (QED) is 0.176. The van der Waals surface area contributed by atoms with E-state index in [0.717, 1.165) is 40.7 Å². The summed E-state index contributed by atoms with van der Waals surface area (Å²) in [5.74, 6) is 1.67. The van der Waals surface area contributed by atoms with Gasteiger partial charge in [0.05, 0.1) is 17.3 Å². The number of halogens is 2. The molecule has 0 spiro atoms. The van der Waals surface area contributed by atoms with E-state index in [0.29, 0.717) is 29.7 Å². The van der Waals surface area contributed by atoms with Gasteiger partial charge in [0.2, 0.25) is 5.16 Å². The minimum atomic E-state index is -0.283. The van der Waals surface area contributed by atoms with Crippen LogP contribution < -0.4 is 14.8 Å². The first kappa shape index (κ1) is 25.9. The number of rotatable bonds is 13. The molecular weight excluding hydrogens is 501 g/mol. The number of aromatic nitrogens is 4. The van der Waals surface area contributed by atoms with Crippen LogP contribution in [0, 0.1) is 5.82 Å². The van der Waals surface area contributed by atoms with Gasteiger partial charge in [-0.05, 0) is 77.8 Å². The SMILES string of the molecule is CCOc1cc(CNCCCSc2nnnn2-c2ccccc2)cc(Cl)c1OCc1ccc(F)cc1. The predicted molar refractivity (Wildman–Crippen MR) is 140 cm³/mol. The third-order valence-electron chi connectivity index (χ3n) is 5.17. The second kappa shape index (κ2) is 13.2. The Kier molecular flexibility index (Phi) is 9.54. The molecule has 1 aromatic heterocycles. The molecule has 188 valence electrons. The first-order valence-electron chi connectivity index (χ1n) is 11.6. The highest BCUT2D eigenvalue weighted by atomic mass is 35.5. The third-order valence-corrected chi connectivity index (χ3v) is 6.45. The summed E-state index contributed by atoms with van der Waals surface area (Å²) in [7, 11) is 0. The largest absolute Gasteiger partial charge is 0.490 e. The molecule has 0 amide bonds.